The lowest BCUT2D eigenvalue weighted by atomic mass is 9.33. The first-order valence-electron chi connectivity index (χ1n) is 13.7. The number of carboxylic acid groups (broad SMARTS) is 1. The van der Waals surface area contributed by atoms with Crippen molar-refractivity contribution >= 4 is 11.8 Å². The van der Waals surface area contributed by atoms with Crippen LogP contribution in [0.3, 0.4) is 0 Å². The molecule has 0 saturated heterocycles. The molecule has 190 valence electrons. The van der Waals surface area contributed by atoms with E-state index in [1.54, 1.807) is 0 Å². The van der Waals surface area contributed by atoms with Gasteiger partial charge in [-0.1, -0.05) is 47.1 Å². The van der Waals surface area contributed by atoms with Gasteiger partial charge in [-0.3, -0.25) is 9.59 Å². The largest absolute Gasteiger partial charge is 0.481 e. The summed E-state index contributed by atoms with van der Waals surface area (Å²) in [7, 11) is 0. The molecule has 4 heteroatoms. The summed E-state index contributed by atoms with van der Waals surface area (Å²) in [4.78, 5) is 26.4. The predicted molar refractivity (Wildman–Crippen MR) is 133 cm³/mol. The lowest BCUT2D eigenvalue weighted by Crippen LogP contribution is -2.66. The van der Waals surface area contributed by atoms with Crippen molar-refractivity contribution in [2.75, 3.05) is 0 Å². The number of fused-ring (bicyclic) bond motifs is 7. The topological polar surface area (TPSA) is 74.6 Å². The summed E-state index contributed by atoms with van der Waals surface area (Å²) in [6.07, 6.45) is 9.95. The van der Waals surface area contributed by atoms with E-state index in [2.05, 4.69) is 41.5 Å². The molecule has 9 atom stereocenters. The van der Waals surface area contributed by atoms with Crippen LogP contribution in [-0.4, -0.2) is 28.1 Å². The first kappa shape index (κ1) is 24.5. The van der Waals surface area contributed by atoms with Gasteiger partial charge in [0.15, 0.2) is 5.78 Å². The lowest BCUT2D eigenvalue weighted by Gasteiger charge is -2.70. The second kappa shape index (κ2) is 6.99. The fourth-order valence-corrected chi connectivity index (χ4v) is 10.4. The summed E-state index contributed by atoms with van der Waals surface area (Å²) in [5, 5.41) is 20.9. The summed E-state index contributed by atoms with van der Waals surface area (Å²) < 4.78 is 0. The lowest BCUT2D eigenvalue weighted by molar-refractivity contribution is -0.202. The molecular formula is C30H46O4. The molecule has 4 nitrogen and oxygen atoms in total. The molecule has 34 heavy (non-hydrogen) atoms. The van der Waals surface area contributed by atoms with Crippen LogP contribution in [0.4, 0.5) is 0 Å². The molecule has 0 heterocycles. The van der Waals surface area contributed by atoms with Crippen molar-refractivity contribution < 1.29 is 19.8 Å². The smallest absolute Gasteiger partial charge is 0.309 e. The number of carboxylic acids is 1. The molecular weight excluding hydrogens is 424 g/mol. The van der Waals surface area contributed by atoms with Gasteiger partial charge in [0, 0.05) is 5.92 Å². The fourth-order valence-electron chi connectivity index (χ4n) is 10.4. The summed E-state index contributed by atoms with van der Waals surface area (Å²) >= 11 is 0. The third-order valence-electron chi connectivity index (χ3n) is 13.1. The van der Waals surface area contributed by atoms with Crippen LogP contribution < -0.4 is 0 Å². The van der Waals surface area contributed by atoms with Crippen LogP contribution in [0.15, 0.2) is 11.6 Å². The van der Waals surface area contributed by atoms with Crippen molar-refractivity contribution in [2.45, 2.75) is 112 Å². The average Bonchev–Trinajstić information content (AvgIpc) is 2.73. The Morgan fingerprint density at radius 1 is 0.912 bits per heavy atom. The van der Waals surface area contributed by atoms with Gasteiger partial charge < -0.3 is 10.2 Å². The third-order valence-corrected chi connectivity index (χ3v) is 13.1. The molecule has 0 aromatic heterocycles. The highest BCUT2D eigenvalue weighted by Gasteiger charge is 2.70. The number of aliphatic hydroxyl groups excluding tert-OH is 1. The molecule has 0 radical (unpaired) electrons. The molecule has 4 fully saturated rings. The first-order chi connectivity index (χ1) is 15.6. The molecule has 5 rings (SSSR count). The number of carbonyl (C=O) groups is 2. The van der Waals surface area contributed by atoms with Crippen molar-refractivity contribution in [3.05, 3.63) is 11.6 Å². The molecule has 5 aliphatic carbocycles. The Bertz CT molecular complexity index is 965. The summed E-state index contributed by atoms with van der Waals surface area (Å²) in [6, 6.07) is 0. The predicted octanol–water partition coefficient (Wildman–Crippen LogP) is 6.41. The molecule has 0 unspecified atom stereocenters. The molecule has 0 spiro atoms. The van der Waals surface area contributed by atoms with E-state index in [-0.39, 0.29) is 50.8 Å². The fraction of sp³-hybridized carbons (Fsp3) is 0.867. The second-order valence-corrected chi connectivity index (χ2v) is 14.9. The Morgan fingerprint density at radius 2 is 1.56 bits per heavy atom. The maximum atomic E-state index is 14.2. The summed E-state index contributed by atoms with van der Waals surface area (Å²) in [5.74, 6) is 0.0603. The number of aliphatic carboxylic acids is 1. The van der Waals surface area contributed by atoms with E-state index in [1.807, 2.05) is 13.0 Å². The number of carbonyl (C=O) groups excluding carboxylic acids is 1. The van der Waals surface area contributed by atoms with E-state index in [0.29, 0.717) is 12.3 Å². The minimum Gasteiger partial charge on any atom is -0.481 e. The van der Waals surface area contributed by atoms with Crippen molar-refractivity contribution in [3.63, 3.8) is 0 Å². The Kier molecular flexibility index (Phi) is 5.04. The maximum absolute atomic E-state index is 14.2. The van der Waals surface area contributed by atoms with Gasteiger partial charge in [-0.15, -0.1) is 0 Å². The van der Waals surface area contributed by atoms with Crippen LogP contribution in [0.2, 0.25) is 0 Å². The zero-order valence-electron chi connectivity index (χ0n) is 22.5. The number of hydrogen-bond acceptors (Lipinski definition) is 3. The molecule has 0 amide bonds. The van der Waals surface area contributed by atoms with E-state index in [0.717, 1.165) is 51.4 Å². The van der Waals surface area contributed by atoms with Crippen LogP contribution in [0.5, 0.6) is 0 Å². The third kappa shape index (κ3) is 2.81. The van der Waals surface area contributed by atoms with Gasteiger partial charge in [-0.2, -0.15) is 0 Å². The van der Waals surface area contributed by atoms with Crippen molar-refractivity contribution in [3.8, 4) is 0 Å². The van der Waals surface area contributed by atoms with Gasteiger partial charge in [0.05, 0.1) is 11.5 Å². The van der Waals surface area contributed by atoms with Gasteiger partial charge in [0.2, 0.25) is 0 Å². The Labute approximate surface area is 206 Å². The molecule has 0 bridgehead atoms. The summed E-state index contributed by atoms with van der Waals surface area (Å²) in [5.41, 5.74) is 0.142. The van der Waals surface area contributed by atoms with Gasteiger partial charge >= 0.3 is 5.97 Å². The van der Waals surface area contributed by atoms with Crippen molar-refractivity contribution in [1.82, 2.24) is 0 Å². The monoisotopic (exact) mass is 470 g/mol. The van der Waals surface area contributed by atoms with E-state index in [1.165, 1.54) is 5.57 Å². The highest BCUT2D eigenvalue weighted by Crippen LogP contribution is 2.75. The normalized spacial score (nSPS) is 54.1. The number of allylic oxidation sites excluding steroid dienone is 2. The minimum atomic E-state index is -0.711. The maximum Gasteiger partial charge on any atom is 0.309 e. The van der Waals surface area contributed by atoms with Gasteiger partial charge in [-0.25, -0.2) is 0 Å². The Hall–Kier alpha value is -1.16. The Balaban J connectivity index is 1.62. The Morgan fingerprint density at radius 3 is 2.21 bits per heavy atom. The number of aliphatic hydroxyl groups is 1. The van der Waals surface area contributed by atoms with Crippen LogP contribution >= 0.6 is 0 Å². The van der Waals surface area contributed by atoms with Gasteiger partial charge in [-0.05, 0) is 110 Å². The van der Waals surface area contributed by atoms with Gasteiger partial charge in [0.1, 0.15) is 0 Å². The molecule has 2 N–H and O–H groups in total. The van der Waals surface area contributed by atoms with E-state index >= 15 is 0 Å². The first-order valence-corrected chi connectivity index (χ1v) is 13.7. The standard InChI is InChI=1S/C30H46O4/c1-25(2)21-8-11-30(7)23(28(21,5)10-9-22(25)32)20(31)16-18-19-17-27(4,24(33)34)13-12-26(19,3)14-15-29(18,30)6/h16,19,21-23,32H,8-15,17H2,1-7H3,(H,33,34)/t19-,21-,22-,23+,26+,27-,28+,29+,30+/m0/s1. The molecule has 0 aliphatic heterocycles. The summed E-state index contributed by atoms with van der Waals surface area (Å²) in [6.45, 7) is 15.8. The van der Waals surface area contributed by atoms with Crippen LogP contribution in [-0.2, 0) is 9.59 Å². The second-order valence-electron chi connectivity index (χ2n) is 14.9. The molecule has 0 aromatic carbocycles. The van der Waals surface area contributed by atoms with Crippen LogP contribution in [0.1, 0.15) is 106 Å². The number of rotatable bonds is 1. The highest BCUT2D eigenvalue weighted by atomic mass is 16.4. The molecule has 4 saturated carbocycles. The molecule has 5 aliphatic rings. The van der Waals surface area contributed by atoms with Crippen molar-refractivity contribution in [1.29, 1.82) is 0 Å². The zero-order valence-corrected chi connectivity index (χ0v) is 22.5. The zero-order chi connectivity index (χ0) is 25.1. The molecule has 0 aromatic rings. The average molecular weight is 471 g/mol. The van der Waals surface area contributed by atoms with Crippen molar-refractivity contribution in [2.24, 2.45) is 50.2 Å². The quantitative estimate of drug-likeness (QED) is 0.464. The SMILES string of the molecule is CC1(C)[C@@H](O)CC[C@@]2(C)[C@H]3C(=O)C=C4[C@@H]5C[C@@](C)(C(=O)O)CC[C@]5(C)CC[C@@]4(C)[C@]3(C)CC[C@@H]12. The van der Waals surface area contributed by atoms with Crippen LogP contribution in [0, 0.1) is 50.2 Å². The van der Waals surface area contributed by atoms with E-state index < -0.39 is 11.4 Å². The number of hydrogen-bond donors (Lipinski definition) is 2. The minimum absolute atomic E-state index is 0.0296. The number of ketones is 1. The van der Waals surface area contributed by atoms with E-state index in [4.69, 9.17) is 0 Å². The van der Waals surface area contributed by atoms with Crippen LogP contribution in [0.25, 0.3) is 0 Å². The highest BCUT2D eigenvalue weighted by molar-refractivity contribution is 5.95. The van der Waals surface area contributed by atoms with Gasteiger partial charge in [0.25, 0.3) is 0 Å². The van der Waals surface area contributed by atoms with E-state index in [9.17, 15) is 19.8 Å².